The molecule has 0 saturated heterocycles. The van der Waals surface area contributed by atoms with Crippen LogP contribution in [0.5, 0.6) is 0 Å². The molecule has 2 N–H and O–H groups in total. The highest BCUT2D eigenvalue weighted by molar-refractivity contribution is 9.09. The Morgan fingerprint density at radius 3 is 2.57 bits per heavy atom. The van der Waals surface area contributed by atoms with Crippen LogP contribution in [0.4, 0.5) is 0 Å². The lowest BCUT2D eigenvalue weighted by molar-refractivity contribution is -0.140. The first-order chi connectivity index (χ1) is 13.3. The fraction of sp³-hybridized carbons (Fsp3) is 0.783. The molecule has 1 unspecified atom stereocenters. The zero-order valence-electron chi connectivity index (χ0n) is 17.9. The van der Waals surface area contributed by atoms with Gasteiger partial charge in [0.2, 0.25) is 0 Å². The molecule has 5 heteroatoms. The molecular formula is C23H39BrO4. The highest BCUT2D eigenvalue weighted by atomic mass is 79.9. The maximum atomic E-state index is 11.1. The Hall–Kier alpha value is -0.650. The molecule has 1 aliphatic carbocycles. The minimum absolute atomic E-state index is 0.0877. The Kier molecular flexibility index (Phi) is 12.3. The van der Waals surface area contributed by atoms with E-state index in [2.05, 4.69) is 47.5 Å². The average Bonchev–Trinajstić information content (AvgIpc) is 2.92. The second-order valence-corrected chi connectivity index (χ2v) is 9.64. The highest BCUT2D eigenvalue weighted by Gasteiger charge is 2.39. The monoisotopic (exact) mass is 458 g/mol. The quantitative estimate of drug-likeness (QED) is 0.183. The number of aliphatic hydroxyl groups is 2. The van der Waals surface area contributed by atoms with Gasteiger partial charge in [0.15, 0.2) is 0 Å². The lowest BCUT2D eigenvalue weighted by Crippen LogP contribution is -2.20. The summed E-state index contributed by atoms with van der Waals surface area (Å²) in [5.41, 5.74) is 1.27. The predicted molar refractivity (Wildman–Crippen MR) is 118 cm³/mol. The third-order valence-electron chi connectivity index (χ3n) is 5.78. The van der Waals surface area contributed by atoms with Crippen molar-refractivity contribution in [2.45, 2.75) is 89.2 Å². The molecule has 0 amide bonds. The van der Waals surface area contributed by atoms with E-state index < -0.39 is 6.10 Å². The zero-order valence-corrected chi connectivity index (χ0v) is 19.5. The highest BCUT2D eigenvalue weighted by Crippen LogP contribution is 2.41. The normalized spacial score (nSPS) is 27.0. The number of hydrogen-bond donors (Lipinski definition) is 2. The number of alkyl halides is 1. The fourth-order valence-electron chi connectivity index (χ4n) is 3.83. The van der Waals surface area contributed by atoms with E-state index in [0.717, 1.165) is 44.9 Å². The summed E-state index contributed by atoms with van der Waals surface area (Å²) in [6.07, 6.45) is 12.5. The largest absolute Gasteiger partial charge is 0.469 e. The molecule has 28 heavy (non-hydrogen) atoms. The van der Waals surface area contributed by atoms with Gasteiger partial charge in [0.05, 0.1) is 19.3 Å². The number of hydrogen-bond acceptors (Lipinski definition) is 4. The maximum absolute atomic E-state index is 11.1. The van der Waals surface area contributed by atoms with Crippen LogP contribution in [0.2, 0.25) is 0 Å². The second kappa shape index (κ2) is 13.6. The van der Waals surface area contributed by atoms with Gasteiger partial charge in [-0.05, 0) is 51.4 Å². The molecule has 0 aromatic heterocycles. The van der Waals surface area contributed by atoms with Crippen molar-refractivity contribution in [3.05, 3.63) is 23.8 Å². The zero-order chi connectivity index (χ0) is 21.1. The van der Waals surface area contributed by atoms with E-state index in [1.165, 1.54) is 12.7 Å². The van der Waals surface area contributed by atoms with Gasteiger partial charge in [-0.1, -0.05) is 65.9 Å². The Morgan fingerprint density at radius 2 is 1.93 bits per heavy atom. The number of methoxy groups -OCH3 is 1. The topological polar surface area (TPSA) is 66.8 Å². The van der Waals surface area contributed by atoms with Crippen LogP contribution in [0, 0.1) is 17.8 Å². The van der Waals surface area contributed by atoms with Gasteiger partial charge in [-0.2, -0.15) is 0 Å². The molecule has 0 spiro atoms. The van der Waals surface area contributed by atoms with E-state index in [1.54, 1.807) is 0 Å². The van der Waals surface area contributed by atoms with Crippen molar-refractivity contribution in [1.82, 2.24) is 0 Å². The molecule has 0 aromatic carbocycles. The van der Waals surface area contributed by atoms with Gasteiger partial charge in [-0.25, -0.2) is 0 Å². The number of rotatable bonds is 12. The SMILES string of the molecule is COC(=O)CCCCCC[C@@H]1[C@@H](/C=C/[C@@H](O)C(C)CC=C(C)C)[C@H](O)C[C@@H]1Br. The van der Waals surface area contributed by atoms with Gasteiger partial charge in [0, 0.05) is 17.2 Å². The molecule has 6 atom stereocenters. The van der Waals surface area contributed by atoms with E-state index in [-0.39, 0.29) is 23.9 Å². The molecule has 0 aliphatic heterocycles. The number of esters is 1. The van der Waals surface area contributed by atoms with Crippen LogP contribution in [-0.2, 0) is 9.53 Å². The molecule has 162 valence electrons. The molecule has 0 bridgehead atoms. The minimum Gasteiger partial charge on any atom is -0.469 e. The Morgan fingerprint density at radius 1 is 1.25 bits per heavy atom. The molecule has 4 nitrogen and oxygen atoms in total. The van der Waals surface area contributed by atoms with Crippen LogP contribution in [0.25, 0.3) is 0 Å². The predicted octanol–water partition coefficient (Wildman–Crippen LogP) is 5.17. The van der Waals surface area contributed by atoms with Crippen molar-refractivity contribution in [2.24, 2.45) is 17.8 Å². The average molecular weight is 459 g/mol. The van der Waals surface area contributed by atoms with Crippen molar-refractivity contribution >= 4 is 21.9 Å². The van der Waals surface area contributed by atoms with Crippen molar-refractivity contribution in [3.8, 4) is 0 Å². The van der Waals surface area contributed by atoms with Crippen LogP contribution < -0.4 is 0 Å². The van der Waals surface area contributed by atoms with Gasteiger partial charge >= 0.3 is 5.97 Å². The van der Waals surface area contributed by atoms with Crippen LogP contribution >= 0.6 is 15.9 Å². The number of unbranched alkanes of at least 4 members (excludes halogenated alkanes) is 3. The molecular weight excluding hydrogens is 420 g/mol. The lowest BCUT2D eigenvalue weighted by Gasteiger charge is -2.22. The summed E-state index contributed by atoms with van der Waals surface area (Å²) in [4.78, 5) is 11.4. The summed E-state index contributed by atoms with van der Waals surface area (Å²) in [7, 11) is 1.43. The molecule has 0 radical (unpaired) electrons. The third kappa shape index (κ3) is 9.23. The molecule has 0 heterocycles. The van der Waals surface area contributed by atoms with Gasteiger partial charge in [0.25, 0.3) is 0 Å². The Balaban J connectivity index is 2.47. The van der Waals surface area contributed by atoms with E-state index in [1.807, 2.05) is 12.2 Å². The van der Waals surface area contributed by atoms with Crippen LogP contribution in [0.3, 0.4) is 0 Å². The van der Waals surface area contributed by atoms with Crippen LogP contribution in [-0.4, -0.2) is 40.3 Å². The van der Waals surface area contributed by atoms with Gasteiger partial charge in [-0.3, -0.25) is 4.79 Å². The smallest absolute Gasteiger partial charge is 0.305 e. The summed E-state index contributed by atoms with van der Waals surface area (Å²) in [5.74, 6) is 0.497. The van der Waals surface area contributed by atoms with Crippen LogP contribution in [0.1, 0.15) is 72.1 Å². The fourth-order valence-corrected chi connectivity index (χ4v) is 4.83. The summed E-state index contributed by atoms with van der Waals surface area (Å²) in [6.45, 7) is 6.19. The molecule has 1 rings (SSSR count). The van der Waals surface area contributed by atoms with Crippen molar-refractivity contribution < 1.29 is 19.7 Å². The summed E-state index contributed by atoms with van der Waals surface area (Å²) in [5, 5.41) is 20.9. The van der Waals surface area contributed by atoms with Crippen molar-refractivity contribution in [2.75, 3.05) is 7.11 Å². The first kappa shape index (κ1) is 25.4. The molecule has 1 aliphatic rings. The first-order valence-electron chi connectivity index (χ1n) is 10.6. The number of ether oxygens (including phenoxy) is 1. The standard InChI is InChI=1S/C23H39BrO4/c1-16(2)11-12-17(3)21(25)14-13-19-18(20(24)15-22(19)26)9-7-5-6-8-10-23(27)28-4/h11,13-14,17-22,25-26H,5-10,12,15H2,1-4H3/b14-13+/t17?,18-,19-,20+,21-,22-/m1/s1. The summed E-state index contributed by atoms with van der Waals surface area (Å²) < 4.78 is 4.66. The Labute approximate surface area is 179 Å². The van der Waals surface area contributed by atoms with Crippen molar-refractivity contribution in [3.63, 3.8) is 0 Å². The van der Waals surface area contributed by atoms with E-state index in [0.29, 0.717) is 17.2 Å². The van der Waals surface area contributed by atoms with Crippen molar-refractivity contribution in [1.29, 1.82) is 0 Å². The van der Waals surface area contributed by atoms with Gasteiger partial charge in [0.1, 0.15) is 0 Å². The minimum atomic E-state index is -0.490. The van der Waals surface area contributed by atoms with Gasteiger partial charge in [-0.15, -0.1) is 0 Å². The number of halogens is 1. The molecule has 0 aromatic rings. The maximum Gasteiger partial charge on any atom is 0.305 e. The number of carbonyl (C=O) groups is 1. The van der Waals surface area contributed by atoms with Gasteiger partial charge < -0.3 is 14.9 Å². The second-order valence-electron chi connectivity index (χ2n) is 8.46. The number of carbonyl (C=O) groups excluding carboxylic acids is 1. The van der Waals surface area contributed by atoms with E-state index >= 15 is 0 Å². The summed E-state index contributed by atoms with van der Waals surface area (Å²) in [6, 6.07) is 0. The number of allylic oxidation sites excluding steroid dienone is 2. The summed E-state index contributed by atoms with van der Waals surface area (Å²) >= 11 is 3.75. The molecule has 1 fully saturated rings. The lowest BCUT2D eigenvalue weighted by atomic mass is 9.88. The van der Waals surface area contributed by atoms with E-state index in [9.17, 15) is 15.0 Å². The molecule has 1 saturated carbocycles. The number of aliphatic hydroxyl groups excluding tert-OH is 2. The first-order valence-corrected chi connectivity index (χ1v) is 11.6. The Bertz CT molecular complexity index is 513. The van der Waals surface area contributed by atoms with E-state index in [4.69, 9.17) is 0 Å². The van der Waals surface area contributed by atoms with Crippen LogP contribution in [0.15, 0.2) is 23.8 Å². The third-order valence-corrected chi connectivity index (χ3v) is 6.83.